The first kappa shape index (κ1) is 13.9. The number of fused-ring (bicyclic) bond motifs is 1. The zero-order chi connectivity index (χ0) is 14.1. The van der Waals surface area contributed by atoms with Crippen LogP contribution in [0, 0.1) is 0 Å². The Morgan fingerprint density at radius 2 is 2.25 bits per heavy atom. The Hall–Kier alpha value is -1.03. The van der Waals surface area contributed by atoms with Gasteiger partial charge in [-0.1, -0.05) is 23.7 Å². The zero-order valence-corrected chi connectivity index (χ0v) is 13.2. The highest BCUT2D eigenvalue weighted by Crippen LogP contribution is 2.40. The normalized spacial score (nSPS) is 18.1. The van der Waals surface area contributed by atoms with Gasteiger partial charge in [-0.25, -0.2) is 0 Å². The summed E-state index contributed by atoms with van der Waals surface area (Å²) in [5.41, 5.74) is 9.61. The van der Waals surface area contributed by atoms with Crippen LogP contribution in [0.3, 0.4) is 0 Å². The molecule has 0 saturated heterocycles. The van der Waals surface area contributed by atoms with E-state index in [1.165, 1.54) is 21.7 Å². The third kappa shape index (κ3) is 2.34. The SMILES string of the molecule is CC1c2ccsc2CCN1c1c(Cl)cccc1CCN. The van der Waals surface area contributed by atoms with E-state index in [1.807, 2.05) is 23.5 Å². The number of hydrogen-bond acceptors (Lipinski definition) is 3. The lowest BCUT2D eigenvalue weighted by Crippen LogP contribution is -2.34. The van der Waals surface area contributed by atoms with Gasteiger partial charge in [-0.05, 0) is 54.9 Å². The lowest BCUT2D eigenvalue weighted by atomic mass is 9.98. The third-order valence-electron chi connectivity index (χ3n) is 4.05. The second-order valence-corrected chi connectivity index (χ2v) is 6.61. The van der Waals surface area contributed by atoms with E-state index in [-0.39, 0.29) is 0 Å². The minimum atomic E-state index is 0.376. The Labute approximate surface area is 129 Å². The number of rotatable bonds is 3. The highest BCUT2D eigenvalue weighted by molar-refractivity contribution is 7.10. The Bertz CT molecular complexity index is 608. The average Bonchev–Trinajstić information content (AvgIpc) is 2.90. The second-order valence-electron chi connectivity index (χ2n) is 5.20. The molecule has 0 spiro atoms. The number of nitrogens with zero attached hydrogens (tertiary/aromatic N) is 1. The first-order chi connectivity index (χ1) is 9.72. The fraction of sp³-hybridized carbons (Fsp3) is 0.375. The number of anilines is 1. The molecular formula is C16H19ClN2S. The van der Waals surface area contributed by atoms with Crippen molar-refractivity contribution in [3.05, 3.63) is 50.7 Å². The van der Waals surface area contributed by atoms with Gasteiger partial charge < -0.3 is 10.6 Å². The first-order valence-electron chi connectivity index (χ1n) is 7.02. The molecule has 1 aromatic heterocycles. The lowest BCUT2D eigenvalue weighted by Gasteiger charge is -2.37. The molecule has 20 heavy (non-hydrogen) atoms. The summed E-state index contributed by atoms with van der Waals surface area (Å²) in [6.45, 7) is 3.94. The van der Waals surface area contributed by atoms with E-state index >= 15 is 0 Å². The van der Waals surface area contributed by atoms with Crippen molar-refractivity contribution in [3.63, 3.8) is 0 Å². The molecule has 0 fully saturated rings. The summed E-state index contributed by atoms with van der Waals surface area (Å²) < 4.78 is 0. The summed E-state index contributed by atoms with van der Waals surface area (Å²) in [5, 5.41) is 3.03. The fourth-order valence-corrected chi connectivity index (χ4v) is 4.32. The molecule has 0 radical (unpaired) electrons. The monoisotopic (exact) mass is 306 g/mol. The van der Waals surface area contributed by atoms with Crippen molar-refractivity contribution < 1.29 is 0 Å². The van der Waals surface area contributed by atoms with Gasteiger partial charge >= 0.3 is 0 Å². The van der Waals surface area contributed by atoms with E-state index in [1.54, 1.807) is 0 Å². The van der Waals surface area contributed by atoms with Gasteiger partial charge in [0.2, 0.25) is 0 Å². The molecule has 0 amide bonds. The van der Waals surface area contributed by atoms with Crippen LogP contribution in [0.1, 0.15) is 29.0 Å². The summed E-state index contributed by atoms with van der Waals surface area (Å²) in [7, 11) is 0. The van der Waals surface area contributed by atoms with Crippen LogP contribution in [-0.2, 0) is 12.8 Å². The Kier molecular flexibility index (Phi) is 4.01. The van der Waals surface area contributed by atoms with Crippen molar-refractivity contribution in [2.75, 3.05) is 18.0 Å². The summed E-state index contributed by atoms with van der Waals surface area (Å²) in [6.07, 6.45) is 1.97. The predicted octanol–water partition coefficient (Wildman–Crippen LogP) is 4.03. The van der Waals surface area contributed by atoms with Crippen molar-refractivity contribution in [1.82, 2.24) is 0 Å². The molecule has 0 aliphatic carbocycles. The minimum Gasteiger partial charge on any atom is -0.363 e. The van der Waals surface area contributed by atoms with Crippen LogP contribution in [-0.4, -0.2) is 13.1 Å². The molecule has 0 saturated carbocycles. The van der Waals surface area contributed by atoms with Gasteiger partial charge in [0.1, 0.15) is 0 Å². The van der Waals surface area contributed by atoms with E-state index in [0.29, 0.717) is 12.6 Å². The van der Waals surface area contributed by atoms with E-state index in [4.69, 9.17) is 17.3 Å². The summed E-state index contributed by atoms with van der Waals surface area (Å²) in [5.74, 6) is 0. The summed E-state index contributed by atoms with van der Waals surface area (Å²) in [4.78, 5) is 3.95. The Morgan fingerprint density at radius 1 is 1.40 bits per heavy atom. The molecule has 2 N–H and O–H groups in total. The summed E-state index contributed by atoms with van der Waals surface area (Å²) in [6, 6.07) is 8.76. The molecule has 2 aromatic rings. The molecule has 106 valence electrons. The highest BCUT2D eigenvalue weighted by atomic mass is 35.5. The van der Waals surface area contributed by atoms with Crippen molar-refractivity contribution in [1.29, 1.82) is 0 Å². The molecule has 1 unspecified atom stereocenters. The zero-order valence-electron chi connectivity index (χ0n) is 11.6. The van der Waals surface area contributed by atoms with Crippen LogP contribution in [0.2, 0.25) is 5.02 Å². The Balaban J connectivity index is 2.02. The molecule has 3 rings (SSSR count). The van der Waals surface area contributed by atoms with Crippen LogP contribution in [0.5, 0.6) is 0 Å². The van der Waals surface area contributed by atoms with Gasteiger partial charge in [0.15, 0.2) is 0 Å². The number of halogens is 1. The molecule has 2 nitrogen and oxygen atoms in total. The number of thiophene rings is 1. The number of para-hydroxylation sites is 1. The third-order valence-corrected chi connectivity index (χ3v) is 5.35. The lowest BCUT2D eigenvalue weighted by molar-refractivity contribution is 0.630. The maximum Gasteiger partial charge on any atom is 0.0642 e. The van der Waals surface area contributed by atoms with Gasteiger partial charge in [0, 0.05) is 11.4 Å². The molecule has 1 aromatic carbocycles. The van der Waals surface area contributed by atoms with Crippen LogP contribution in [0.4, 0.5) is 5.69 Å². The molecule has 2 heterocycles. The topological polar surface area (TPSA) is 29.3 Å². The number of benzene rings is 1. The van der Waals surface area contributed by atoms with E-state index in [9.17, 15) is 0 Å². The molecule has 0 bridgehead atoms. The maximum atomic E-state index is 6.48. The van der Waals surface area contributed by atoms with Crippen molar-refractivity contribution in [2.24, 2.45) is 5.73 Å². The molecule has 1 atom stereocenters. The largest absolute Gasteiger partial charge is 0.363 e. The average molecular weight is 307 g/mol. The summed E-state index contributed by atoms with van der Waals surface area (Å²) >= 11 is 8.35. The van der Waals surface area contributed by atoms with Gasteiger partial charge in [0.25, 0.3) is 0 Å². The first-order valence-corrected chi connectivity index (χ1v) is 8.28. The van der Waals surface area contributed by atoms with Gasteiger partial charge in [-0.2, -0.15) is 0 Å². The second kappa shape index (κ2) is 5.76. The molecule has 4 heteroatoms. The fourth-order valence-electron chi connectivity index (χ4n) is 3.05. The molecular weight excluding hydrogens is 288 g/mol. The predicted molar refractivity (Wildman–Crippen MR) is 88.0 cm³/mol. The number of nitrogens with two attached hydrogens (primary N) is 1. The highest BCUT2D eigenvalue weighted by Gasteiger charge is 2.27. The van der Waals surface area contributed by atoms with Gasteiger partial charge in [-0.15, -0.1) is 11.3 Å². The van der Waals surface area contributed by atoms with E-state index in [2.05, 4.69) is 29.3 Å². The maximum absolute atomic E-state index is 6.48. The van der Waals surface area contributed by atoms with Crippen molar-refractivity contribution >= 4 is 28.6 Å². The minimum absolute atomic E-state index is 0.376. The van der Waals surface area contributed by atoms with Gasteiger partial charge in [-0.3, -0.25) is 0 Å². The van der Waals surface area contributed by atoms with Crippen molar-refractivity contribution in [3.8, 4) is 0 Å². The smallest absolute Gasteiger partial charge is 0.0642 e. The standard InChI is InChI=1S/C16H19ClN2S/c1-11-13-7-10-20-15(13)6-9-19(11)16-12(5-8-18)3-2-4-14(16)17/h2-4,7,10-11H,5-6,8-9,18H2,1H3. The Morgan fingerprint density at radius 3 is 3.05 bits per heavy atom. The quantitative estimate of drug-likeness (QED) is 0.928. The number of hydrogen-bond donors (Lipinski definition) is 1. The van der Waals surface area contributed by atoms with E-state index < -0.39 is 0 Å². The molecule has 1 aliphatic heterocycles. The van der Waals surface area contributed by atoms with Gasteiger partial charge in [0.05, 0.1) is 16.8 Å². The molecule has 1 aliphatic rings. The van der Waals surface area contributed by atoms with Crippen molar-refractivity contribution in [2.45, 2.75) is 25.8 Å². The van der Waals surface area contributed by atoms with Crippen LogP contribution >= 0.6 is 22.9 Å². The van der Waals surface area contributed by atoms with Crippen LogP contribution in [0.15, 0.2) is 29.6 Å². The van der Waals surface area contributed by atoms with Crippen LogP contribution < -0.4 is 10.6 Å². The van der Waals surface area contributed by atoms with Crippen LogP contribution in [0.25, 0.3) is 0 Å². The van der Waals surface area contributed by atoms with E-state index in [0.717, 1.165) is 24.4 Å².